The highest BCUT2D eigenvalue weighted by Gasteiger charge is 2.26. The molecule has 1 aliphatic rings. The molecule has 4 rings (SSSR count). The lowest BCUT2D eigenvalue weighted by molar-refractivity contribution is 0.111. The van der Waals surface area contributed by atoms with Gasteiger partial charge in [-0.25, -0.2) is 4.39 Å². The number of fused-ring (bicyclic) bond motifs is 1. The van der Waals surface area contributed by atoms with Crippen LogP contribution in [0.1, 0.15) is 18.5 Å². The molecular formula is C21H22FN3O. The molecule has 26 heavy (non-hydrogen) atoms. The topological polar surface area (TPSA) is 37.4 Å². The lowest BCUT2D eigenvalue weighted by atomic mass is 10.1. The Hall–Kier alpha value is -2.66. The third-order valence-corrected chi connectivity index (χ3v) is 4.83. The summed E-state index contributed by atoms with van der Waals surface area (Å²) in [7, 11) is 1.77. The van der Waals surface area contributed by atoms with Gasteiger partial charge in [-0.05, 0) is 68.3 Å². The summed E-state index contributed by atoms with van der Waals surface area (Å²) in [5.74, 6) is -0.241. The van der Waals surface area contributed by atoms with Gasteiger partial charge >= 0.3 is 0 Å². The fourth-order valence-corrected chi connectivity index (χ4v) is 3.61. The Kier molecular flexibility index (Phi) is 4.47. The maximum atomic E-state index is 13.1. The van der Waals surface area contributed by atoms with E-state index >= 15 is 0 Å². The van der Waals surface area contributed by atoms with Crippen molar-refractivity contribution < 1.29 is 9.13 Å². The number of aryl methyl sites for hydroxylation is 1. The summed E-state index contributed by atoms with van der Waals surface area (Å²) in [5, 5.41) is 4.42. The van der Waals surface area contributed by atoms with Gasteiger partial charge in [-0.1, -0.05) is 0 Å². The quantitative estimate of drug-likeness (QED) is 0.718. The molecule has 0 saturated carbocycles. The minimum Gasteiger partial charge on any atom is -0.362 e. The number of methoxy groups -OCH3 is 1. The van der Waals surface area contributed by atoms with Gasteiger partial charge < -0.3 is 15.0 Å². The molecule has 1 aromatic heterocycles. The Morgan fingerprint density at radius 2 is 1.88 bits per heavy atom. The van der Waals surface area contributed by atoms with Crippen LogP contribution in [0.3, 0.4) is 0 Å². The van der Waals surface area contributed by atoms with E-state index in [9.17, 15) is 4.39 Å². The number of aromatic nitrogens is 1. The first kappa shape index (κ1) is 16.8. The summed E-state index contributed by atoms with van der Waals surface area (Å²) in [4.78, 5) is 7.03. The van der Waals surface area contributed by atoms with Gasteiger partial charge in [0.15, 0.2) is 0 Å². The highest BCUT2D eigenvalue weighted by Crippen LogP contribution is 2.34. The number of halogens is 1. The fourth-order valence-electron chi connectivity index (χ4n) is 3.61. The van der Waals surface area contributed by atoms with Crippen molar-refractivity contribution in [2.45, 2.75) is 26.0 Å². The van der Waals surface area contributed by atoms with Crippen LogP contribution in [0.5, 0.6) is 0 Å². The van der Waals surface area contributed by atoms with E-state index in [1.807, 2.05) is 19.1 Å². The zero-order valence-corrected chi connectivity index (χ0v) is 15.0. The number of hydrogen-bond donors (Lipinski definition) is 1. The van der Waals surface area contributed by atoms with Crippen LogP contribution in [-0.2, 0) is 4.74 Å². The Morgan fingerprint density at radius 3 is 2.65 bits per heavy atom. The Bertz CT molecular complexity index is 926. The zero-order valence-electron chi connectivity index (χ0n) is 15.0. The Morgan fingerprint density at radius 1 is 1.12 bits per heavy atom. The van der Waals surface area contributed by atoms with Gasteiger partial charge in [0, 0.05) is 41.8 Å². The van der Waals surface area contributed by atoms with E-state index in [0.717, 1.165) is 47.4 Å². The van der Waals surface area contributed by atoms with Crippen LogP contribution in [0.4, 0.5) is 21.5 Å². The lowest BCUT2D eigenvalue weighted by Gasteiger charge is -2.27. The predicted octanol–water partition coefficient (Wildman–Crippen LogP) is 5.00. The number of benzene rings is 2. The third-order valence-electron chi connectivity index (χ3n) is 4.83. The first-order chi connectivity index (χ1) is 12.6. The summed E-state index contributed by atoms with van der Waals surface area (Å²) in [5.41, 5.74) is 4.86. The Balaban J connectivity index is 1.71. The minimum atomic E-state index is -0.241. The summed E-state index contributed by atoms with van der Waals surface area (Å²) in [6.45, 7) is 3.01. The largest absolute Gasteiger partial charge is 0.362 e. The number of hydrogen-bond acceptors (Lipinski definition) is 4. The van der Waals surface area contributed by atoms with Gasteiger partial charge in [-0.2, -0.15) is 0 Å². The van der Waals surface area contributed by atoms with E-state index in [1.165, 1.54) is 17.8 Å². The third kappa shape index (κ3) is 3.22. The van der Waals surface area contributed by atoms with E-state index in [4.69, 9.17) is 9.72 Å². The molecule has 4 nitrogen and oxygen atoms in total. The minimum absolute atomic E-state index is 0.122. The maximum absolute atomic E-state index is 13.1. The van der Waals surface area contributed by atoms with E-state index in [0.29, 0.717) is 0 Å². The van der Waals surface area contributed by atoms with E-state index in [2.05, 4.69) is 22.3 Å². The molecule has 1 saturated heterocycles. The van der Waals surface area contributed by atoms with Gasteiger partial charge in [0.1, 0.15) is 12.0 Å². The van der Waals surface area contributed by atoms with Crippen molar-refractivity contribution in [3.8, 4) is 0 Å². The van der Waals surface area contributed by atoms with E-state index < -0.39 is 0 Å². The average molecular weight is 351 g/mol. The van der Waals surface area contributed by atoms with Crippen molar-refractivity contribution in [2.24, 2.45) is 0 Å². The monoisotopic (exact) mass is 351 g/mol. The van der Waals surface area contributed by atoms with Crippen molar-refractivity contribution >= 4 is 28.0 Å². The standard InChI is InChI=1S/C21H22FN3O/c1-14-12-20(25-11-3-4-21(25)26-2)18-10-9-17(13-19(18)23-14)24-16-7-5-15(22)6-8-16/h5-10,12-13,21,24H,3-4,11H2,1-2H3/t21-/m0/s1. The molecule has 1 atom stereocenters. The van der Waals surface area contributed by atoms with Gasteiger partial charge in [0.25, 0.3) is 0 Å². The smallest absolute Gasteiger partial charge is 0.129 e. The molecule has 1 N–H and O–H groups in total. The van der Waals surface area contributed by atoms with Crippen LogP contribution in [0.25, 0.3) is 10.9 Å². The molecule has 0 bridgehead atoms. The number of nitrogens with one attached hydrogen (secondary N) is 1. The second kappa shape index (κ2) is 6.92. The highest BCUT2D eigenvalue weighted by atomic mass is 19.1. The molecule has 2 heterocycles. The van der Waals surface area contributed by atoms with Crippen LogP contribution in [0.15, 0.2) is 48.5 Å². The van der Waals surface area contributed by atoms with Crippen LogP contribution in [-0.4, -0.2) is 24.9 Å². The fraction of sp³-hybridized carbons (Fsp3) is 0.286. The number of pyridine rings is 1. The molecular weight excluding hydrogens is 329 g/mol. The number of nitrogens with zero attached hydrogens (tertiary/aromatic N) is 2. The van der Waals surface area contributed by atoms with Crippen molar-refractivity contribution in [1.82, 2.24) is 4.98 Å². The van der Waals surface area contributed by atoms with Crippen molar-refractivity contribution in [3.63, 3.8) is 0 Å². The first-order valence-electron chi connectivity index (χ1n) is 8.87. The van der Waals surface area contributed by atoms with Gasteiger partial charge in [-0.3, -0.25) is 4.98 Å². The van der Waals surface area contributed by atoms with Crippen LogP contribution < -0.4 is 10.2 Å². The van der Waals surface area contributed by atoms with Crippen molar-refractivity contribution in [2.75, 3.05) is 23.9 Å². The number of rotatable bonds is 4. The lowest BCUT2D eigenvalue weighted by Crippen LogP contribution is -2.30. The van der Waals surface area contributed by atoms with Crippen molar-refractivity contribution in [3.05, 3.63) is 60.0 Å². The highest BCUT2D eigenvalue weighted by molar-refractivity contribution is 5.94. The molecule has 1 aliphatic heterocycles. The van der Waals surface area contributed by atoms with Crippen molar-refractivity contribution in [1.29, 1.82) is 0 Å². The first-order valence-corrected chi connectivity index (χ1v) is 8.87. The maximum Gasteiger partial charge on any atom is 0.129 e. The molecule has 0 unspecified atom stereocenters. The van der Waals surface area contributed by atoms with Crippen LogP contribution in [0.2, 0.25) is 0 Å². The van der Waals surface area contributed by atoms with E-state index in [-0.39, 0.29) is 12.0 Å². The molecule has 3 aromatic rings. The average Bonchev–Trinajstić information content (AvgIpc) is 3.11. The second-order valence-corrected chi connectivity index (χ2v) is 6.67. The van der Waals surface area contributed by atoms with Gasteiger partial charge in [-0.15, -0.1) is 0 Å². The molecule has 134 valence electrons. The van der Waals surface area contributed by atoms with Crippen LogP contribution in [0, 0.1) is 12.7 Å². The molecule has 1 fully saturated rings. The summed E-state index contributed by atoms with van der Waals surface area (Å²) >= 11 is 0. The molecule has 0 amide bonds. The summed E-state index contributed by atoms with van der Waals surface area (Å²) in [6.07, 6.45) is 2.30. The number of anilines is 3. The van der Waals surface area contributed by atoms with Gasteiger partial charge in [0.2, 0.25) is 0 Å². The van der Waals surface area contributed by atoms with E-state index in [1.54, 1.807) is 19.2 Å². The van der Waals surface area contributed by atoms with Gasteiger partial charge in [0.05, 0.1) is 5.52 Å². The Labute approximate surface area is 152 Å². The molecule has 5 heteroatoms. The van der Waals surface area contributed by atoms with Crippen LogP contribution >= 0.6 is 0 Å². The summed E-state index contributed by atoms with van der Waals surface area (Å²) < 4.78 is 18.7. The zero-order chi connectivity index (χ0) is 18.1. The number of ether oxygens (including phenoxy) is 1. The molecule has 0 spiro atoms. The molecule has 2 aromatic carbocycles. The molecule has 0 aliphatic carbocycles. The normalized spacial score (nSPS) is 17.0. The molecule has 0 radical (unpaired) electrons. The SMILES string of the molecule is CO[C@H]1CCCN1c1cc(C)nc2cc(Nc3ccc(F)cc3)ccc12. The predicted molar refractivity (Wildman–Crippen MR) is 104 cm³/mol. The second-order valence-electron chi connectivity index (χ2n) is 6.67. The summed E-state index contributed by atoms with van der Waals surface area (Å²) in [6, 6.07) is 14.6.